The summed E-state index contributed by atoms with van der Waals surface area (Å²) in [6.45, 7) is 9.42. The molecule has 4 nitrogen and oxygen atoms in total. The van der Waals surface area contributed by atoms with Gasteiger partial charge in [-0.3, -0.25) is 0 Å². The Bertz CT molecular complexity index is 273. The van der Waals surface area contributed by atoms with Gasteiger partial charge in [0.05, 0.1) is 0 Å². The summed E-state index contributed by atoms with van der Waals surface area (Å²) in [6, 6.07) is 0.260. The molecule has 2 unspecified atom stereocenters. The predicted octanol–water partition coefficient (Wildman–Crippen LogP) is 3.06. The topological polar surface area (TPSA) is 38.8 Å². The molecule has 1 fully saturated rings. The van der Waals surface area contributed by atoms with Gasteiger partial charge in [-0.15, -0.1) is 0 Å². The van der Waals surface area contributed by atoms with Gasteiger partial charge in [0.15, 0.2) is 0 Å². The smallest absolute Gasteiger partial charge is 0.410 e. The van der Waals surface area contributed by atoms with Crippen LogP contribution in [0.15, 0.2) is 0 Å². The molecular weight excluding hydrogens is 230 g/mol. The average Bonchev–Trinajstić information content (AvgIpc) is 2.23. The molecule has 4 heteroatoms. The van der Waals surface area contributed by atoms with Crippen LogP contribution in [0.1, 0.15) is 47.0 Å². The van der Waals surface area contributed by atoms with E-state index in [9.17, 15) is 4.79 Å². The first-order valence-corrected chi connectivity index (χ1v) is 6.82. The van der Waals surface area contributed by atoms with E-state index in [-0.39, 0.29) is 12.1 Å². The Morgan fingerprint density at radius 1 is 1.39 bits per heavy atom. The summed E-state index contributed by atoms with van der Waals surface area (Å²) in [4.78, 5) is 13.9. The van der Waals surface area contributed by atoms with Crippen LogP contribution in [0, 0.1) is 5.92 Å². The number of methoxy groups -OCH3 is 1. The largest absolute Gasteiger partial charge is 0.444 e. The van der Waals surface area contributed by atoms with E-state index in [0.29, 0.717) is 5.92 Å². The first-order chi connectivity index (χ1) is 8.33. The van der Waals surface area contributed by atoms with E-state index >= 15 is 0 Å². The molecule has 1 rings (SSSR count). The minimum absolute atomic E-state index is 0.180. The molecule has 1 aliphatic heterocycles. The standard InChI is InChI=1S/C14H27NO3/c1-11-10-12(7-9-17-5)6-8-15(11)13(16)18-14(2,3)4/h11-12H,6-10H2,1-5H3. The van der Waals surface area contributed by atoms with Gasteiger partial charge in [-0.1, -0.05) is 0 Å². The number of carbonyl (C=O) groups is 1. The van der Waals surface area contributed by atoms with Gasteiger partial charge >= 0.3 is 6.09 Å². The molecule has 1 amide bonds. The van der Waals surface area contributed by atoms with Crippen molar-refractivity contribution in [3.05, 3.63) is 0 Å². The van der Waals surface area contributed by atoms with Crippen molar-refractivity contribution >= 4 is 6.09 Å². The monoisotopic (exact) mass is 257 g/mol. The van der Waals surface area contributed by atoms with Crippen LogP contribution >= 0.6 is 0 Å². The highest BCUT2D eigenvalue weighted by atomic mass is 16.6. The van der Waals surface area contributed by atoms with Gasteiger partial charge in [0.25, 0.3) is 0 Å². The molecule has 0 aromatic heterocycles. The van der Waals surface area contributed by atoms with Crippen molar-refractivity contribution in [1.82, 2.24) is 4.90 Å². The fourth-order valence-corrected chi connectivity index (χ4v) is 2.41. The van der Waals surface area contributed by atoms with Gasteiger partial charge in [-0.2, -0.15) is 0 Å². The number of hydrogen-bond acceptors (Lipinski definition) is 3. The van der Waals surface area contributed by atoms with Crippen molar-refractivity contribution in [3.63, 3.8) is 0 Å². The number of ether oxygens (including phenoxy) is 2. The summed E-state index contributed by atoms with van der Waals surface area (Å²) in [5.41, 5.74) is -0.413. The summed E-state index contributed by atoms with van der Waals surface area (Å²) in [5, 5.41) is 0. The van der Waals surface area contributed by atoms with Crippen molar-refractivity contribution in [3.8, 4) is 0 Å². The number of amides is 1. The number of piperidine rings is 1. The van der Waals surface area contributed by atoms with Crippen LogP contribution < -0.4 is 0 Å². The van der Waals surface area contributed by atoms with Crippen molar-refractivity contribution in [2.45, 2.75) is 58.6 Å². The first-order valence-electron chi connectivity index (χ1n) is 6.82. The highest BCUT2D eigenvalue weighted by molar-refractivity contribution is 5.68. The number of likely N-dealkylation sites (tertiary alicyclic amines) is 1. The highest BCUT2D eigenvalue weighted by Crippen LogP contribution is 2.26. The van der Waals surface area contributed by atoms with E-state index < -0.39 is 5.60 Å². The van der Waals surface area contributed by atoms with Gasteiger partial charge < -0.3 is 14.4 Å². The molecular formula is C14H27NO3. The maximum absolute atomic E-state index is 12.0. The summed E-state index contributed by atoms with van der Waals surface area (Å²) in [6.07, 6.45) is 3.00. The lowest BCUT2D eigenvalue weighted by Gasteiger charge is -2.38. The first kappa shape index (κ1) is 15.3. The van der Waals surface area contributed by atoms with E-state index in [2.05, 4.69) is 6.92 Å². The molecule has 2 atom stereocenters. The minimum Gasteiger partial charge on any atom is -0.444 e. The van der Waals surface area contributed by atoms with E-state index in [1.54, 1.807) is 7.11 Å². The van der Waals surface area contributed by atoms with Gasteiger partial charge in [0.2, 0.25) is 0 Å². The Balaban J connectivity index is 2.44. The Hall–Kier alpha value is -0.770. The van der Waals surface area contributed by atoms with E-state index in [0.717, 1.165) is 32.4 Å². The molecule has 0 bridgehead atoms. The fourth-order valence-electron chi connectivity index (χ4n) is 2.41. The van der Waals surface area contributed by atoms with E-state index in [1.165, 1.54) is 0 Å². The molecule has 0 aromatic rings. The lowest BCUT2D eigenvalue weighted by atomic mass is 9.89. The van der Waals surface area contributed by atoms with Crippen LogP contribution in [0.4, 0.5) is 4.79 Å². The lowest BCUT2D eigenvalue weighted by Crippen LogP contribution is -2.46. The van der Waals surface area contributed by atoms with Crippen LogP contribution in [0.2, 0.25) is 0 Å². The van der Waals surface area contributed by atoms with Gasteiger partial charge in [-0.05, 0) is 52.9 Å². The van der Waals surface area contributed by atoms with E-state index in [1.807, 2.05) is 25.7 Å². The zero-order valence-electron chi connectivity index (χ0n) is 12.4. The molecule has 106 valence electrons. The Morgan fingerprint density at radius 3 is 2.56 bits per heavy atom. The maximum Gasteiger partial charge on any atom is 0.410 e. The van der Waals surface area contributed by atoms with Gasteiger partial charge in [-0.25, -0.2) is 4.79 Å². The van der Waals surface area contributed by atoms with Crippen molar-refractivity contribution in [1.29, 1.82) is 0 Å². The van der Waals surface area contributed by atoms with E-state index in [4.69, 9.17) is 9.47 Å². The summed E-state index contributed by atoms with van der Waals surface area (Å²) in [7, 11) is 1.74. The fraction of sp³-hybridized carbons (Fsp3) is 0.929. The van der Waals surface area contributed by atoms with Crippen LogP contribution in [-0.4, -0.2) is 42.9 Å². The molecule has 0 radical (unpaired) electrons. The van der Waals surface area contributed by atoms with Crippen molar-refractivity contribution < 1.29 is 14.3 Å². The summed E-state index contributed by atoms with van der Waals surface area (Å²) >= 11 is 0. The summed E-state index contributed by atoms with van der Waals surface area (Å²) < 4.78 is 10.5. The normalized spacial score (nSPS) is 25.1. The molecule has 0 spiro atoms. The SMILES string of the molecule is COCCC1CCN(C(=O)OC(C)(C)C)C(C)C1. The van der Waals surface area contributed by atoms with Crippen LogP contribution in [0.25, 0.3) is 0 Å². The molecule has 1 aliphatic rings. The highest BCUT2D eigenvalue weighted by Gasteiger charge is 2.31. The molecule has 1 heterocycles. The zero-order valence-corrected chi connectivity index (χ0v) is 12.4. The second-order valence-corrected chi connectivity index (χ2v) is 6.19. The number of carbonyl (C=O) groups excluding carboxylic acids is 1. The average molecular weight is 257 g/mol. The molecule has 0 N–H and O–H groups in total. The van der Waals surface area contributed by atoms with Crippen molar-refractivity contribution in [2.75, 3.05) is 20.3 Å². The number of nitrogens with zero attached hydrogens (tertiary/aromatic N) is 1. The zero-order chi connectivity index (χ0) is 13.8. The van der Waals surface area contributed by atoms with Crippen LogP contribution in [0.3, 0.4) is 0 Å². The molecule has 0 aromatic carbocycles. The Kier molecular flexibility index (Phi) is 5.45. The quantitative estimate of drug-likeness (QED) is 0.780. The third kappa shape index (κ3) is 4.84. The second kappa shape index (κ2) is 6.41. The maximum atomic E-state index is 12.0. The van der Waals surface area contributed by atoms with Crippen molar-refractivity contribution in [2.24, 2.45) is 5.92 Å². The van der Waals surface area contributed by atoms with Crippen LogP contribution in [0.5, 0.6) is 0 Å². The van der Waals surface area contributed by atoms with Gasteiger partial charge in [0.1, 0.15) is 5.60 Å². The number of hydrogen-bond donors (Lipinski definition) is 0. The predicted molar refractivity (Wildman–Crippen MR) is 71.6 cm³/mol. The minimum atomic E-state index is -0.413. The Labute approximate surface area is 111 Å². The summed E-state index contributed by atoms with van der Waals surface area (Å²) in [5.74, 6) is 0.665. The molecule has 0 aliphatic carbocycles. The molecule has 18 heavy (non-hydrogen) atoms. The molecule has 0 saturated carbocycles. The van der Waals surface area contributed by atoms with Crippen LogP contribution in [-0.2, 0) is 9.47 Å². The Morgan fingerprint density at radius 2 is 2.06 bits per heavy atom. The third-order valence-corrected chi connectivity index (χ3v) is 3.34. The third-order valence-electron chi connectivity index (χ3n) is 3.34. The number of rotatable bonds is 3. The molecule has 1 saturated heterocycles. The second-order valence-electron chi connectivity index (χ2n) is 6.19. The lowest BCUT2D eigenvalue weighted by molar-refractivity contribution is 0.00551. The van der Waals surface area contributed by atoms with Gasteiger partial charge in [0, 0.05) is 26.3 Å².